The van der Waals surface area contributed by atoms with Crippen LogP contribution in [0.5, 0.6) is 0 Å². The van der Waals surface area contributed by atoms with Crippen molar-refractivity contribution in [3.8, 4) is 0 Å². The molecular weight excluding hydrogens is 288 g/mol. The molecule has 7 heteroatoms. The van der Waals surface area contributed by atoms with Crippen LogP contribution in [-0.2, 0) is 23.1 Å². The first-order chi connectivity index (χ1) is 9.72. The standard InChI is InChI=1S/C14H26N4O2S/c1-5-17-10-13(8-12(17)9-15)21(19,20)18-7-6-16(4)14(2,3)11-18/h8,10H,5-7,9,11,15H2,1-4H3. The molecular formula is C14H26N4O2S. The number of aromatic nitrogens is 1. The SMILES string of the molecule is CCn1cc(S(=O)(=O)N2CCN(C)C(C)(C)C2)cc1CN. The normalized spacial score (nSPS) is 20.8. The first-order valence-corrected chi connectivity index (χ1v) is 8.77. The first-order valence-electron chi connectivity index (χ1n) is 7.33. The maximum Gasteiger partial charge on any atom is 0.244 e. The predicted molar refractivity (Wildman–Crippen MR) is 83.5 cm³/mol. The van der Waals surface area contributed by atoms with E-state index >= 15 is 0 Å². The molecule has 0 aromatic carbocycles. The van der Waals surface area contributed by atoms with Crippen molar-refractivity contribution in [2.24, 2.45) is 5.73 Å². The summed E-state index contributed by atoms with van der Waals surface area (Å²) >= 11 is 0. The third kappa shape index (κ3) is 3.01. The van der Waals surface area contributed by atoms with Crippen molar-refractivity contribution in [3.05, 3.63) is 18.0 Å². The second kappa shape index (κ2) is 5.72. The summed E-state index contributed by atoms with van der Waals surface area (Å²) in [6.07, 6.45) is 1.70. The Kier molecular flexibility index (Phi) is 4.49. The lowest BCUT2D eigenvalue weighted by Gasteiger charge is -2.44. The Balaban J connectivity index is 2.32. The second-order valence-corrected chi connectivity index (χ2v) is 8.17. The van der Waals surface area contributed by atoms with Gasteiger partial charge < -0.3 is 10.3 Å². The van der Waals surface area contributed by atoms with E-state index in [1.54, 1.807) is 16.6 Å². The van der Waals surface area contributed by atoms with Gasteiger partial charge in [0, 0.05) is 50.2 Å². The molecule has 1 aromatic rings. The van der Waals surface area contributed by atoms with Gasteiger partial charge in [-0.25, -0.2) is 8.42 Å². The summed E-state index contributed by atoms with van der Waals surface area (Å²) in [5.74, 6) is 0. The van der Waals surface area contributed by atoms with Crippen LogP contribution in [-0.4, -0.2) is 54.4 Å². The quantitative estimate of drug-likeness (QED) is 0.887. The molecule has 0 aliphatic carbocycles. The van der Waals surface area contributed by atoms with Crippen molar-refractivity contribution in [1.82, 2.24) is 13.8 Å². The molecule has 2 rings (SSSR count). The predicted octanol–water partition coefficient (Wildman–Crippen LogP) is 0.681. The fourth-order valence-corrected chi connectivity index (χ4v) is 4.33. The van der Waals surface area contributed by atoms with E-state index in [9.17, 15) is 8.42 Å². The number of sulfonamides is 1. The smallest absolute Gasteiger partial charge is 0.244 e. The molecule has 1 aromatic heterocycles. The summed E-state index contributed by atoms with van der Waals surface area (Å²) in [6.45, 7) is 8.94. The van der Waals surface area contributed by atoms with Crippen molar-refractivity contribution in [2.75, 3.05) is 26.7 Å². The van der Waals surface area contributed by atoms with Crippen LogP contribution in [0.15, 0.2) is 17.2 Å². The van der Waals surface area contributed by atoms with E-state index in [1.165, 1.54) is 0 Å². The van der Waals surface area contributed by atoms with Gasteiger partial charge in [0.2, 0.25) is 10.0 Å². The highest BCUT2D eigenvalue weighted by atomic mass is 32.2. The number of nitrogens with two attached hydrogens (primary N) is 1. The van der Waals surface area contributed by atoms with Crippen LogP contribution in [0.25, 0.3) is 0 Å². The van der Waals surface area contributed by atoms with E-state index < -0.39 is 10.0 Å². The fourth-order valence-electron chi connectivity index (χ4n) is 2.68. The van der Waals surface area contributed by atoms with Crippen molar-refractivity contribution >= 4 is 10.0 Å². The van der Waals surface area contributed by atoms with E-state index in [0.29, 0.717) is 24.5 Å². The van der Waals surface area contributed by atoms with Crippen LogP contribution >= 0.6 is 0 Å². The molecule has 1 aliphatic heterocycles. The molecule has 0 radical (unpaired) electrons. The first kappa shape index (κ1) is 16.5. The summed E-state index contributed by atoms with van der Waals surface area (Å²) in [7, 11) is -1.42. The molecule has 0 saturated carbocycles. The Morgan fingerprint density at radius 1 is 1.33 bits per heavy atom. The average molecular weight is 314 g/mol. The molecule has 0 bridgehead atoms. The molecule has 1 aliphatic rings. The number of hydrogen-bond acceptors (Lipinski definition) is 4. The fraction of sp³-hybridized carbons (Fsp3) is 0.714. The summed E-state index contributed by atoms with van der Waals surface area (Å²) < 4.78 is 29.1. The zero-order valence-corrected chi connectivity index (χ0v) is 14.2. The monoisotopic (exact) mass is 314 g/mol. The zero-order valence-electron chi connectivity index (χ0n) is 13.3. The van der Waals surface area contributed by atoms with Crippen LogP contribution in [0.3, 0.4) is 0 Å². The number of piperazine rings is 1. The van der Waals surface area contributed by atoms with Gasteiger partial charge in [-0.15, -0.1) is 0 Å². The molecule has 6 nitrogen and oxygen atoms in total. The molecule has 1 saturated heterocycles. The minimum atomic E-state index is -3.45. The molecule has 0 atom stereocenters. The lowest BCUT2D eigenvalue weighted by Crippen LogP contribution is -2.58. The van der Waals surface area contributed by atoms with Crippen LogP contribution in [0.1, 0.15) is 26.5 Å². The highest BCUT2D eigenvalue weighted by Gasteiger charge is 2.37. The highest BCUT2D eigenvalue weighted by Crippen LogP contribution is 2.25. The van der Waals surface area contributed by atoms with E-state index in [0.717, 1.165) is 18.8 Å². The van der Waals surface area contributed by atoms with Crippen LogP contribution in [0, 0.1) is 0 Å². The molecule has 21 heavy (non-hydrogen) atoms. The Bertz CT molecular complexity index is 585. The molecule has 0 unspecified atom stereocenters. The van der Waals surface area contributed by atoms with Gasteiger partial charge in [0.05, 0.1) is 0 Å². The molecule has 0 amide bonds. The minimum Gasteiger partial charge on any atom is -0.349 e. The summed E-state index contributed by atoms with van der Waals surface area (Å²) in [5.41, 5.74) is 6.38. The van der Waals surface area contributed by atoms with Crippen LogP contribution < -0.4 is 5.73 Å². The molecule has 2 N–H and O–H groups in total. The van der Waals surface area contributed by atoms with Gasteiger partial charge in [0.1, 0.15) is 4.90 Å². The van der Waals surface area contributed by atoms with Gasteiger partial charge in [-0.2, -0.15) is 4.31 Å². The number of nitrogens with zero attached hydrogens (tertiary/aromatic N) is 3. The number of rotatable bonds is 4. The Morgan fingerprint density at radius 2 is 2.00 bits per heavy atom. The lowest BCUT2D eigenvalue weighted by molar-refractivity contribution is 0.0801. The summed E-state index contributed by atoms with van der Waals surface area (Å²) in [5, 5.41) is 0. The Hall–Kier alpha value is -0.890. The summed E-state index contributed by atoms with van der Waals surface area (Å²) in [6, 6.07) is 1.70. The second-order valence-electron chi connectivity index (χ2n) is 6.23. The lowest BCUT2D eigenvalue weighted by atomic mass is 10.0. The number of aryl methyl sites for hydroxylation is 1. The van der Waals surface area contributed by atoms with Crippen LogP contribution in [0.4, 0.5) is 0 Å². The van der Waals surface area contributed by atoms with E-state index in [-0.39, 0.29) is 5.54 Å². The van der Waals surface area contributed by atoms with Gasteiger partial charge in [0.25, 0.3) is 0 Å². The van der Waals surface area contributed by atoms with Gasteiger partial charge in [-0.05, 0) is 33.9 Å². The van der Waals surface area contributed by atoms with Crippen molar-refractivity contribution in [1.29, 1.82) is 0 Å². The number of hydrogen-bond donors (Lipinski definition) is 1. The third-order valence-corrected chi connectivity index (χ3v) is 6.24. The zero-order chi connectivity index (χ0) is 15.8. The Labute approximate surface area is 127 Å². The molecule has 120 valence electrons. The molecule has 2 heterocycles. The molecule has 1 fully saturated rings. The maximum absolute atomic E-state index is 12.8. The van der Waals surface area contributed by atoms with Crippen LogP contribution in [0.2, 0.25) is 0 Å². The highest BCUT2D eigenvalue weighted by molar-refractivity contribution is 7.89. The number of likely N-dealkylation sites (N-methyl/N-ethyl adjacent to an activating group) is 1. The van der Waals surface area contributed by atoms with Crippen molar-refractivity contribution in [3.63, 3.8) is 0 Å². The van der Waals surface area contributed by atoms with Crippen molar-refractivity contribution in [2.45, 2.75) is 44.3 Å². The maximum atomic E-state index is 12.8. The Morgan fingerprint density at radius 3 is 2.48 bits per heavy atom. The molecule has 0 spiro atoms. The van der Waals surface area contributed by atoms with E-state index in [2.05, 4.69) is 18.7 Å². The minimum absolute atomic E-state index is 0.157. The average Bonchev–Trinajstić information content (AvgIpc) is 2.85. The van der Waals surface area contributed by atoms with Crippen molar-refractivity contribution < 1.29 is 8.42 Å². The van der Waals surface area contributed by atoms with E-state index in [1.807, 2.05) is 18.5 Å². The topological polar surface area (TPSA) is 71.6 Å². The summed E-state index contributed by atoms with van der Waals surface area (Å²) in [4.78, 5) is 2.55. The van der Waals surface area contributed by atoms with Gasteiger partial charge >= 0.3 is 0 Å². The van der Waals surface area contributed by atoms with Gasteiger partial charge in [-0.3, -0.25) is 4.90 Å². The third-order valence-electron chi connectivity index (χ3n) is 4.43. The van der Waals surface area contributed by atoms with E-state index in [4.69, 9.17) is 5.73 Å². The van der Waals surface area contributed by atoms with Gasteiger partial charge in [0.15, 0.2) is 0 Å². The van der Waals surface area contributed by atoms with Gasteiger partial charge in [-0.1, -0.05) is 0 Å². The largest absolute Gasteiger partial charge is 0.349 e.